The van der Waals surface area contributed by atoms with Gasteiger partial charge in [0.2, 0.25) is 5.95 Å². The van der Waals surface area contributed by atoms with E-state index in [1.165, 1.54) is 5.56 Å². The summed E-state index contributed by atoms with van der Waals surface area (Å²) in [6.45, 7) is 1.43. The Balaban J connectivity index is 1.65. The van der Waals surface area contributed by atoms with Crippen LogP contribution in [0.2, 0.25) is 5.15 Å². The van der Waals surface area contributed by atoms with Crippen LogP contribution in [0.25, 0.3) is 0 Å². The molecule has 0 bridgehead atoms. The first kappa shape index (κ1) is 16.8. The molecule has 1 aromatic heterocycles. The van der Waals surface area contributed by atoms with Crippen LogP contribution in [-0.4, -0.2) is 40.9 Å². The Labute approximate surface area is 162 Å². The fraction of sp³-hybridized carbons (Fsp3) is 0.400. The molecule has 140 valence electrons. The number of hydrogen-bond donors (Lipinski definition) is 1. The van der Waals surface area contributed by atoms with Gasteiger partial charge >= 0.3 is 0 Å². The quantitative estimate of drug-likeness (QED) is 0.633. The van der Waals surface area contributed by atoms with Crippen molar-refractivity contribution in [3.63, 3.8) is 0 Å². The van der Waals surface area contributed by atoms with E-state index in [9.17, 15) is 5.11 Å². The summed E-state index contributed by atoms with van der Waals surface area (Å²) in [7, 11) is 1.66. The third-order valence-corrected chi connectivity index (χ3v) is 6.06. The smallest absolute Gasteiger partial charge is 0.227 e. The van der Waals surface area contributed by atoms with E-state index in [2.05, 4.69) is 27.0 Å². The second-order valence-corrected chi connectivity index (χ2v) is 7.68. The van der Waals surface area contributed by atoms with Crippen molar-refractivity contribution in [1.82, 2.24) is 9.97 Å². The molecule has 0 saturated carbocycles. The van der Waals surface area contributed by atoms with Crippen LogP contribution >= 0.6 is 11.6 Å². The van der Waals surface area contributed by atoms with Gasteiger partial charge in [-0.3, -0.25) is 0 Å². The average molecular weight is 386 g/mol. The van der Waals surface area contributed by atoms with Crippen LogP contribution in [0.5, 0.6) is 11.5 Å². The van der Waals surface area contributed by atoms with Gasteiger partial charge in [-0.05, 0) is 24.1 Å². The average Bonchev–Trinajstić information content (AvgIpc) is 2.89. The van der Waals surface area contributed by atoms with Crippen LogP contribution < -0.4 is 14.4 Å². The van der Waals surface area contributed by atoms with Gasteiger partial charge in [-0.15, -0.1) is 0 Å². The number of aliphatic hydroxyl groups excluding tert-OH is 1. The lowest BCUT2D eigenvalue weighted by Gasteiger charge is -2.35. The SMILES string of the molecule is COc1ccc2c3c1OC1C[C@@H](O)C=CC31CCN(c1nccc(Cl)n1)C2. The predicted octanol–water partition coefficient (Wildman–Crippen LogP) is 2.87. The first-order valence-electron chi connectivity index (χ1n) is 9.08. The van der Waals surface area contributed by atoms with Gasteiger partial charge in [0.05, 0.1) is 18.6 Å². The number of aromatic nitrogens is 2. The monoisotopic (exact) mass is 385 g/mol. The molecule has 3 aliphatic rings. The van der Waals surface area contributed by atoms with Gasteiger partial charge in [0.15, 0.2) is 11.5 Å². The molecule has 1 aliphatic carbocycles. The molecule has 3 heterocycles. The van der Waals surface area contributed by atoms with Crippen molar-refractivity contribution in [2.75, 3.05) is 18.6 Å². The van der Waals surface area contributed by atoms with Crippen LogP contribution in [0.3, 0.4) is 0 Å². The minimum Gasteiger partial charge on any atom is -0.493 e. The fourth-order valence-electron chi connectivity index (χ4n) is 4.59. The summed E-state index contributed by atoms with van der Waals surface area (Å²) < 4.78 is 11.9. The van der Waals surface area contributed by atoms with Crippen molar-refractivity contribution in [1.29, 1.82) is 0 Å². The molecule has 1 spiro atoms. The van der Waals surface area contributed by atoms with E-state index >= 15 is 0 Å². The molecule has 0 amide bonds. The van der Waals surface area contributed by atoms with Gasteiger partial charge < -0.3 is 19.5 Å². The highest BCUT2D eigenvalue weighted by Gasteiger charge is 2.53. The summed E-state index contributed by atoms with van der Waals surface area (Å²) in [5, 5.41) is 10.6. The molecule has 6 nitrogen and oxygen atoms in total. The van der Waals surface area contributed by atoms with Gasteiger partial charge in [-0.25, -0.2) is 9.97 Å². The van der Waals surface area contributed by atoms with Gasteiger partial charge in [0.25, 0.3) is 0 Å². The molecule has 1 N–H and O–H groups in total. The van der Waals surface area contributed by atoms with Crippen molar-refractivity contribution in [3.8, 4) is 11.5 Å². The summed E-state index contributed by atoms with van der Waals surface area (Å²) in [6, 6.07) is 5.72. The van der Waals surface area contributed by atoms with Crippen LogP contribution in [0.4, 0.5) is 5.95 Å². The Hall–Kier alpha value is -2.31. The number of hydrogen-bond acceptors (Lipinski definition) is 6. The van der Waals surface area contributed by atoms with Crippen molar-refractivity contribution in [2.24, 2.45) is 0 Å². The molecular formula is C20H20ClN3O3. The first-order valence-corrected chi connectivity index (χ1v) is 9.46. The second kappa shape index (κ2) is 6.11. The number of benzene rings is 1. The molecule has 0 radical (unpaired) electrons. The Bertz CT molecular complexity index is 935. The lowest BCUT2D eigenvalue weighted by molar-refractivity contribution is 0.0856. The highest BCUT2D eigenvalue weighted by atomic mass is 35.5. The maximum atomic E-state index is 10.1. The molecule has 0 fully saturated rings. The number of anilines is 1. The lowest BCUT2D eigenvalue weighted by atomic mass is 9.69. The molecule has 7 heteroatoms. The van der Waals surface area contributed by atoms with E-state index in [4.69, 9.17) is 21.1 Å². The van der Waals surface area contributed by atoms with Gasteiger partial charge in [-0.2, -0.15) is 0 Å². The van der Waals surface area contributed by atoms with E-state index in [0.717, 1.165) is 30.0 Å². The van der Waals surface area contributed by atoms with Gasteiger partial charge in [-0.1, -0.05) is 29.8 Å². The minimum atomic E-state index is -0.486. The standard InChI is InChI=1S/C20H20ClN3O3/c1-26-14-3-2-12-11-24(19-22-8-5-16(21)23-19)9-7-20-6-4-13(25)10-15(20)27-18(14)17(12)20/h2-6,8,13,15,25H,7,9-11H2,1H3/t13-,15?,20?/m0/s1. The molecule has 2 aromatic rings. The molecule has 27 heavy (non-hydrogen) atoms. The highest BCUT2D eigenvalue weighted by Crippen LogP contribution is 2.55. The normalized spacial score (nSPS) is 28.2. The van der Waals surface area contributed by atoms with Crippen molar-refractivity contribution in [3.05, 3.63) is 52.8 Å². The van der Waals surface area contributed by atoms with Crippen LogP contribution in [0, 0.1) is 0 Å². The Kier molecular flexibility index (Phi) is 3.81. The van der Waals surface area contributed by atoms with E-state index in [0.29, 0.717) is 24.1 Å². The fourth-order valence-corrected chi connectivity index (χ4v) is 4.72. The number of methoxy groups -OCH3 is 1. The first-order chi connectivity index (χ1) is 13.1. The Morgan fingerprint density at radius 2 is 2.26 bits per heavy atom. The van der Waals surface area contributed by atoms with Crippen molar-refractivity contribution >= 4 is 17.5 Å². The largest absolute Gasteiger partial charge is 0.493 e. The minimum absolute atomic E-state index is 0.109. The summed E-state index contributed by atoms with van der Waals surface area (Å²) in [6.07, 6.45) is 6.51. The zero-order valence-corrected chi connectivity index (χ0v) is 15.7. The Morgan fingerprint density at radius 1 is 1.37 bits per heavy atom. The van der Waals surface area contributed by atoms with Crippen molar-refractivity contribution < 1.29 is 14.6 Å². The third-order valence-electron chi connectivity index (χ3n) is 5.85. The molecule has 2 unspecified atom stereocenters. The van der Waals surface area contributed by atoms with E-state index in [-0.39, 0.29) is 11.5 Å². The van der Waals surface area contributed by atoms with Crippen LogP contribution in [-0.2, 0) is 12.0 Å². The van der Waals surface area contributed by atoms with Gasteiger partial charge in [0, 0.05) is 31.3 Å². The van der Waals surface area contributed by atoms with E-state index in [1.807, 2.05) is 12.1 Å². The molecular weight excluding hydrogens is 366 g/mol. The molecule has 2 aliphatic heterocycles. The number of rotatable bonds is 2. The summed E-state index contributed by atoms with van der Waals surface area (Å²) in [5.41, 5.74) is 2.06. The number of aliphatic hydroxyl groups is 1. The third kappa shape index (κ3) is 2.51. The summed E-state index contributed by atoms with van der Waals surface area (Å²) in [4.78, 5) is 10.9. The Morgan fingerprint density at radius 3 is 3.07 bits per heavy atom. The summed E-state index contributed by atoms with van der Waals surface area (Å²) in [5.74, 6) is 2.16. The topological polar surface area (TPSA) is 67.7 Å². The van der Waals surface area contributed by atoms with Crippen molar-refractivity contribution in [2.45, 2.75) is 37.0 Å². The second-order valence-electron chi connectivity index (χ2n) is 7.29. The number of halogens is 1. The highest BCUT2D eigenvalue weighted by molar-refractivity contribution is 6.29. The lowest BCUT2D eigenvalue weighted by Crippen LogP contribution is -2.43. The maximum Gasteiger partial charge on any atom is 0.227 e. The maximum absolute atomic E-state index is 10.1. The number of nitrogens with zero attached hydrogens (tertiary/aromatic N) is 3. The molecule has 3 atom stereocenters. The van der Waals surface area contributed by atoms with Gasteiger partial charge in [0.1, 0.15) is 11.3 Å². The molecule has 5 rings (SSSR count). The predicted molar refractivity (Wildman–Crippen MR) is 102 cm³/mol. The zero-order valence-electron chi connectivity index (χ0n) is 14.9. The van der Waals surface area contributed by atoms with E-state index in [1.54, 1.807) is 19.4 Å². The van der Waals surface area contributed by atoms with E-state index < -0.39 is 6.10 Å². The van der Waals surface area contributed by atoms with Crippen LogP contribution in [0.1, 0.15) is 24.0 Å². The zero-order chi connectivity index (χ0) is 18.6. The number of ether oxygens (including phenoxy) is 2. The summed E-state index contributed by atoms with van der Waals surface area (Å²) >= 11 is 6.08. The molecule has 1 aromatic carbocycles. The molecule has 0 saturated heterocycles. The van der Waals surface area contributed by atoms with Crippen LogP contribution in [0.15, 0.2) is 36.5 Å².